The monoisotopic (exact) mass is 302 g/mol. The van der Waals surface area contributed by atoms with Crippen LogP contribution in [0.15, 0.2) is 24.3 Å². The minimum absolute atomic E-state index is 0.0975. The standard InChI is InChI=1S/C17H22N2O3/c1-12-4-2-3-9-18(12)14-5-7-15(8-6-14)19-11-13(17(21)22)10-16(19)20/h5-8,12-13H,2-4,9-11H2,1H3,(H,21,22). The molecule has 118 valence electrons. The predicted molar refractivity (Wildman–Crippen MR) is 85.2 cm³/mol. The maximum absolute atomic E-state index is 12.0. The van der Waals surface area contributed by atoms with Crippen molar-refractivity contribution < 1.29 is 14.7 Å². The zero-order chi connectivity index (χ0) is 15.7. The first-order valence-corrected chi connectivity index (χ1v) is 7.96. The van der Waals surface area contributed by atoms with Gasteiger partial charge in [0.2, 0.25) is 5.91 Å². The van der Waals surface area contributed by atoms with E-state index in [2.05, 4.69) is 11.8 Å². The number of hydrogen-bond acceptors (Lipinski definition) is 3. The quantitative estimate of drug-likeness (QED) is 0.932. The maximum Gasteiger partial charge on any atom is 0.308 e. The largest absolute Gasteiger partial charge is 0.481 e. The molecule has 2 aliphatic rings. The molecule has 1 amide bonds. The van der Waals surface area contributed by atoms with E-state index in [-0.39, 0.29) is 18.9 Å². The minimum Gasteiger partial charge on any atom is -0.481 e. The van der Waals surface area contributed by atoms with Crippen molar-refractivity contribution in [2.75, 3.05) is 22.9 Å². The van der Waals surface area contributed by atoms with Crippen LogP contribution in [-0.2, 0) is 9.59 Å². The van der Waals surface area contributed by atoms with E-state index in [4.69, 9.17) is 5.11 Å². The van der Waals surface area contributed by atoms with Gasteiger partial charge in [0.25, 0.3) is 0 Å². The molecule has 5 nitrogen and oxygen atoms in total. The Balaban J connectivity index is 1.74. The fourth-order valence-electron chi connectivity index (χ4n) is 3.43. The third kappa shape index (κ3) is 2.80. The van der Waals surface area contributed by atoms with Crippen LogP contribution in [-0.4, -0.2) is 36.1 Å². The van der Waals surface area contributed by atoms with Crippen LogP contribution in [0.1, 0.15) is 32.6 Å². The third-order valence-corrected chi connectivity index (χ3v) is 4.77. The van der Waals surface area contributed by atoms with E-state index < -0.39 is 11.9 Å². The van der Waals surface area contributed by atoms with Crippen molar-refractivity contribution in [3.05, 3.63) is 24.3 Å². The number of piperidine rings is 1. The average Bonchev–Trinajstić information content (AvgIpc) is 2.90. The number of carboxylic acids is 1. The highest BCUT2D eigenvalue weighted by Crippen LogP contribution is 2.29. The number of benzene rings is 1. The summed E-state index contributed by atoms with van der Waals surface area (Å²) in [4.78, 5) is 27.0. The van der Waals surface area contributed by atoms with Gasteiger partial charge >= 0.3 is 5.97 Å². The molecule has 0 spiro atoms. The van der Waals surface area contributed by atoms with E-state index in [1.54, 1.807) is 4.90 Å². The van der Waals surface area contributed by atoms with Crippen molar-refractivity contribution in [2.45, 2.75) is 38.6 Å². The van der Waals surface area contributed by atoms with Gasteiger partial charge in [0.05, 0.1) is 5.92 Å². The van der Waals surface area contributed by atoms with E-state index in [0.29, 0.717) is 6.04 Å². The Hall–Kier alpha value is -2.04. The number of anilines is 2. The van der Waals surface area contributed by atoms with Crippen LogP contribution < -0.4 is 9.80 Å². The van der Waals surface area contributed by atoms with Gasteiger partial charge in [-0.1, -0.05) is 0 Å². The smallest absolute Gasteiger partial charge is 0.308 e. The minimum atomic E-state index is -0.894. The lowest BCUT2D eigenvalue weighted by Crippen LogP contribution is -2.37. The molecule has 0 saturated carbocycles. The van der Waals surface area contributed by atoms with Crippen molar-refractivity contribution in [1.29, 1.82) is 0 Å². The van der Waals surface area contributed by atoms with Gasteiger partial charge in [-0.05, 0) is 50.5 Å². The molecule has 3 rings (SSSR count). The Morgan fingerprint density at radius 3 is 2.45 bits per heavy atom. The fraction of sp³-hybridized carbons (Fsp3) is 0.529. The summed E-state index contributed by atoms with van der Waals surface area (Å²) in [5.41, 5.74) is 1.97. The van der Waals surface area contributed by atoms with Gasteiger partial charge in [-0.15, -0.1) is 0 Å². The van der Waals surface area contributed by atoms with E-state index >= 15 is 0 Å². The molecule has 0 bridgehead atoms. The van der Waals surface area contributed by atoms with E-state index in [0.717, 1.165) is 12.2 Å². The molecule has 0 aromatic heterocycles. The summed E-state index contributed by atoms with van der Waals surface area (Å²) in [6, 6.07) is 8.48. The molecule has 22 heavy (non-hydrogen) atoms. The molecule has 1 aromatic rings. The number of rotatable bonds is 3. The van der Waals surface area contributed by atoms with Crippen LogP contribution in [0, 0.1) is 5.92 Å². The number of carbonyl (C=O) groups excluding carboxylic acids is 1. The van der Waals surface area contributed by atoms with Crippen molar-refractivity contribution in [3.63, 3.8) is 0 Å². The summed E-state index contributed by atoms with van der Waals surface area (Å²) in [6.07, 6.45) is 3.82. The van der Waals surface area contributed by atoms with Gasteiger partial charge in [0, 0.05) is 36.9 Å². The molecule has 0 radical (unpaired) electrons. The summed E-state index contributed by atoms with van der Waals surface area (Å²) in [5, 5.41) is 9.05. The molecule has 2 fully saturated rings. The van der Waals surface area contributed by atoms with Gasteiger partial charge in [-0.2, -0.15) is 0 Å². The van der Waals surface area contributed by atoms with Crippen LogP contribution in [0.3, 0.4) is 0 Å². The average molecular weight is 302 g/mol. The second kappa shape index (κ2) is 5.99. The number of amides is 1. The second-order valence-corrected chi connectivity index (χ2v) is 6.30. The summed E-state index contributed by atoms with van der Waals surface area (Å²) >= 11 is 0. The summed E-state index contributed by atoms with van der Waals surface area (Å²) in [6.45, 7) is 3.59. The number of hydrogen-bond donors (Lipinski definition) is 1. The highest BCUT2D eigenvalue weighted by molar-refractivity contribution is 5.99. The van der Waals surface area contributed by atoms with Gasteiger partial charge < -0.3 is 14.9 Å². The summed E-state index contributed by atoms with van der Waals surface area (Å²) in [7, 11) is 0. The molecule has 5 heteroatoms. The van der Waals surface area contributed by atoms with Gasteiger partial charge in [-0.25, -0.2) is 0 Å². The lowest BCUT2D eigenvalue weighted by Gasteiger charge is -2.35. The molecule has 1 N–H and O–H groups in total. The van der Waals surface area contributed by atoms with Crippen LogP contribution in [0.4, 0.5) is 11.4 Å². The Labute approximate surface area is 130 Å². The molecule has 2 heterocycles. The second-order valence-electron chi connectivity index (χ2n) is 6.30. The van der Waals surface area contributed by atoms with Crippen LogP contribution >= 0.6 is 0 Å². The lowest BCUT2D eigenvalue weighted by molar-refractivity contribution is -0.141. The van der Waals surface area contributed by atoms with Crippen LogP contribution in [0.5, 0.6) is 0 Å². The fourth-order valence-corrected chi connectivity index (χ4v) is 3.43. The van der Waals surface area contributed by atoms with Gasteiger partial charge in [0.15, 0.2) is 0 Å². The van der Waals surface area contributed by atoms with Crippen molar-refractivity contribution in [3.8, 4) is 0 Å². The number of carbonyl (C=O) groups is 2. The van der Waals surface area contributed by atoms with E-state index in [9.17, 15) is 9.59 Å². The first-order chi connectivity index (χ1) is 10.6. The van der Waals surface area contributed by atoms with E-state index in [1.807, 2.05) is 24.3 Å². The highest BCUT2D eigenvalue weighted by Gasteiger charge is 2.35. The van der Waals surface area contributed by atoms with Gasteiger partial charge in [-0.3, -0.25) is 9.59 Å². The normalized spacial score (nSPS) is 25.6. The molecule has 2 aliphatic heterocycles. The Bertz CT molecular complexity index is 570. The zero-order valence-electron chi connectivity index (χ0n) is 12.9. The maximum atomic E-state index is 12.0. The molecule has 2 unspecified atom stereocenters. The SMILES string of the molecule is CC1CCCCN1c1ccc(N2CC(C(=O)O)CC2=O)cc1. The third-order valence-electron chi connectivity index (χ3n) is 4.77. The van der Waals surface area contributed by atoms with Crippen molar-refractivity contribution >= 4 is 23.3 Å². The van der Waals surface area contributed by atoms with Crippen molar-refractivity contribution in [2.24, 2.45) is 5.92 Å². The summed E-state index contributed by atoms with van der Waals surface area (Å²) in [5.74, 6) is -1.59. The lowest BCUT2D eigenvalue weighted by atomic mass is 10.0. The first-order valence-electron chi connectivity index (χ1n) is 7.96. The highest BCUT2D eigenvalue weighted by atomic mass is 16.4. The Kier molecular flexibility index (Phi) is 4.05. The number of aliphatic carboxylic acids is 1. The molecule has 1 aromatic carbocycles. The zero-order valence-corrected chi connectivity index (χ0v) is 12.9. The molecular weight excluding hydrogens is 280 g/mol. The van der Waals surface area contributed by atoms with E-state index in [1.165, 1.54) is 24.9 Å². The van der Waals surface area contributed by atoms with Crippen LogP contribution in [0.2, 0.25) is 0 Å². The first kappa shape index (κ1) is 14.9. The molecule has 2 saturated heterocycles. The molecular formula is C17H22N2O3. The Morgan fingerprint density at radius 1 is 1.18 bits per heavy atom. The van der Waals surface area contributed by atoms with Crippen LogP contribution in [0.25, 0.3) is 0 Å². The molecule has 0 aliphatic carbocycles. The number of nitrogens with zero attached hydrogens (tertiary/aromatic N) is 2. The topological polar surface area (TPSA) is 60.9 Å². The molecule has 2 atom stereocenters. The Morgan fingerprint density at radius 2 is 1.86 bits per heavy atom. The van der Waals surface area contributed by atoms with Gasteiger partial charge in [0.1, 0.15) is 0 Å². The van der Waals surface area contributed by atoms with Crippen molar-refractivity contribution in [1.82, 2.24) is 0 Å². The predicted octanol–water partition coefficient (Wildman–Crippen LogP) is 2.50. The summed E-state index contributed by atoms with van der Waals surface area (Å²) < 4.78 is 0. The number of carboxylic acid groups (broad SMARTS) is 1.